The predicted molar refractivity (Wildman–Crippen MR) is 65.4 cm³/mol. The van der Waals surface area contributed by atoms with Gasteiger partial charge in [0.1, 0.15) is 18.4 Å². The number of ether oxygens (including phenoxy) is 1. The maximum atomic E-state index is 11.0. The number of nitrogens with two attached hydrogens (primary N) is 1. The number of amides is 1. The van der Waals surface area contributed by atoms with Crippen molar-refractivity contribution >= 4 is 11.6 Å². The highest BCUT2D eigenvalue weighted by Crippen LogP contribution is 2.22. The van der Waals surface area contributed by atoms with E-state index < -0.39 is 16.9 Å². The van der Waals surface area contributed by atoms with Crippen LogP contribution in [-0.4, -0.2) is 30.5 Å². The van der Waals surface area contributed by atoms with E-state index in [1.165, 1.54) is 12.1 Å². The highest BCUT2D eigenvalue weighted by molar-refractivity contribution is 5.79. The van der Waals surface area contributed by atoms with E-state index in [1.54, 1.807) is 20.0 Å². The van der Waals surface area contributed by atoms with Gasteiger partial charge < -0.3 is 15.8 Å². The normalized spacial score (nSPS) is 11.9. The Kier molecular flexibility index (Phi) is 4.61. The van der Waals surface area contributed by atoms with Crippen LogP contribution in [0.1, 0.15) is 5.56 Å². The lowest BCUT2D eigenvalue weighted by molar-refractivity contribution is -0.385. The average molecular weight is 253 g/mol. The molecule has 18 heavy (non-hydrogen) atoms. The molecule has 1 atom stereocenters. The van der Waals surface area contributed by atoms with Crippen LogP contribution in [-0.2, 0) is 4.79 Å². The van der Waals surface area contributed by atoms with Crippen LogP contribution < -0.4 is 15.8 Å². The minimum atomic E-state index is -0.597. The topological polar surface area (TPSA) is 107 Å². The maximum absolute atomic E-state index is 11.0. The summed E-state index contributed by atoms with van der Waals surface area (Å²) >= 11 is 0. The van der Waals surface area contributed by atoms with Gasteiger partial charge in [-0.25, -0.2) is 0 Å². The Balaban J connectivity index is 2.72. The van der Waals surface area contributed by atoms with Crippen LogP contribution in [0.3, 0.4) is 0 Å². The smallest absolute Gasteiger partial charge is 0.272 e. The summed E-state index contributed by atoms with van der Waals surface area (Å²) in [5, 5.41) is 13.3. The molecule has 0 bridgehead atoms. The van der Waals surface area contributed by atoms with Gasteiger partial charge in [0.25, 0.3) is 5.69 Å². The van der Waals surface area contributed by atoms with Crippen LogP contribution in [0.2, 0.25) is 0 Å². The third-order valence-electron chi connectivity index (χ3n) is 2.47. The Morgan fingerprint density at radius 3 is 2.72 bits per heavy atom. The van der Waals surface area contributed by atoms with Gasteiger partial charge in [-0.1, -0.05) is 0 Å². The number of likely N-dealkylation sites (N-methyl/N-ethyl adjacent to an activating group) is 1. The molecule has 1 unspecified atom stereocenters. The third kappa shape index (κ3) is 3.42. The van der Waals surface area contributed by atoms with E-state index >= 15 is 0 Å². The second-order valence-electron chi connectivity index (χ2n) is 3.76. The van der Waals surface area contributed by atoms with E-state index in [0.29, 0.717) is 11.3 Å². The summed E-state index contributed by atoms with van der Waals surface area (Å²) in [5.74, 6) is -0.0595. The number of nitro benzene ring substituents is 1. The molecule has 0 spiro atoms. The van der Waals surface area contributed by atoms with Crippen molar-refractivity contribution in [3.63, 3.8) is 0 Å². The fourth-order valence-corrected chi connectivity index (χ4v) is 1.41. The van der Waals surface area contributed by atoms with Crippen molar-refractivity contribution in [1.29, 1.82) is 0 Å². The number of aryl methyl sites for hydroxylation is 1. The molecule has 0 aliphatic rings. The number of primary amides is 1. The number of benzene rings is 1. The van der Waals surface area contributed by atoms with Gasteiger partial charge in [0.05, 0.1) is 4.92 Å². The van der Waals surface area contributed by atoms with Crippen LogP contribution in [0.25, 0.3) is 0 Å². The van der Waals surface area contributed by atoms with Gasteiger partial charge in [0, 0.05) is 11.6 Å². The lowest BCUT2D eigenvalue weighted by atomic mass is 10.2. The summed E-state index contributed by atoms with van der Waals surface area (Å²) in [6.07, 6.45) is 0. The van der Waals surface area contributed by atoms with E-state index in [9.17, 15) is 14.9 Å². The molecule has 98 valence electrons. The monoisotopic (exact) mass is 253 g/mol. The first-order valence-corrected chi connectivity index (χ1v) is 5.30. The first-order valence-electron chi connectivity index (χ1n) is 5.30. The summed E-state index contributed by atoms with van der Waals surface area (Å²) in [6.45, 7) is 1.69. The molecular formula is C11H15N3O4. The molecule has 0 aliphatic heterocycles. The molecule has 3 N–H and O–H groups in total. The zero-order valence-electron chi connectivity index (χ0n) is 10.2. The van der Waals surface area contributed by atoms with Crippen LogP contribution in [0.15, 0.2) is 18.2 Å². The van der Waals surface area contributed by atoms with Gasteiger partial charge in [0.2, 0.25) is 5.91 Å². The molecule has 0 saturated heterocycles. The molecule has 1 aromatic rings. The van der Waals surface area contributed by atoms with Crippen LogP contribution in [0.4, 0.5) is 5.69 Å². The van der Waals surface area contributed by atoms with Gasteiger partial charge in [-0.3, -0.25) is 14.9 Å². The van der Waals surface area contributed by atoms with E-state index in [4.69, 9.17) is 10.5 Å². The first-order chi connectivity index (χ1) is 8.45. The van der Waals surface area contributed by atoms with Crippen molar-refractivity contribution in [2.24, 2.45) is 5.73 Å². The van der Waals surface area contributed by atoms with E-state index in [2.05, 4.69) is 5.32 Å². The number of nitrogens with zero attached hydrogens (tertiary/aromatic N) is 1. The molecule has 7 heteroatoms. The van der Waals surface area contributed by atoms with Crippen molar-refractivity contribution in [1.82, 2.24) is 5.32 Å². The van der Waals surface area contributed by atoms with E-state index in [-0.39, 0.29) is 12.3 Å². The zero-order chi connectivity index (χ0) is 13.7. The molecule has 0 saturated carbocycles. The minimum absolute atomic E-state index is 0.0300. The zero-order valence-corrected chi connectivity index (χ0v) is 10.2. The average Bonchev–Trinajstić information content (AvgIpc) is 2.28. The molecule has 7 nitrogen and oxygen atoms in total. The maximum Gasteiger partial charge on any atom is 0.272 e. The SMILES string of the molecule is CNC(COc1ccc([N+](=O)[O-])c(C)c1)C(N)=O. The molecule has 0 radical (unpaired) electrons. The van der Waals surface area contributed by atoms with Gasteiger partial charge in [-0.05, 0) is 26.1 Å². The van der Waals surface area contributed by atoms with Gasteiger partial charge >= 0.3 is 0 Å². The minimum Gasteiger partial charge on any atom is -0.491 e. The highest BCUT2D eigenvalue weighted by Gasteiger charge is 2.15. The predicted octanol–water partition coefficient (Wildman–Crippen LogP) is 0.355. The molecule has 1 aromatic carbocycles. The van der Waals surface area contributed by atoms with Crippen LogP contribution >= 0.6 is 0 Å². The van der Waals surface area contributed by atoms with Crippen LogP contribution in [0.5, 0.6) is 5.75 Å². The number of nitro groups is 1. The number of nitrogens with one attached hydrogen (secondary N) is 1. The fraction of sp³-hybridized carbons (Fsp3) is 0.364. The Bertz CT molecular complexity index is 462. The van der Waals surface area contributed by atoms with Crippen molar-refractivity contribution in [2.45, 2.75) is 13.0 Å². The second-order valence-corrected chi connectivity index (χ2v) is 3.76. The number of carbonyl (C=O) groups excluding carboxylic acids is 1. The third-order valence-corrected chi connectivity index (χ3v) is 2.47. The largest absolute Gasteiger partial charge is 0.491 e. The quantitative estimate of drug-likeness (QED) is 0.562. The lowest BCUT2D eigenvalue weighted by Crippen LogP contribution is -2.43. The van der Waals surface area contributed by atoms with E-state index in [1.807, 2.05) is 0 Å². The molecule has 0 aromatic heterocycles. The summed E-state index contributed by atoms with van der Waals surface area (Å²) in [5.41, 5.74) is 5.66. The number of hydrogen-bond acceptors (Lipinski definition) is 5. The molecule has 0 aliphatic carbocycles. The molecule has 0 heterocycles. The number of rotatable bonds is 6. The van der Waals surface area contributed by atoms with Gasteiger partial charge in [0.15, 0.2) is 0 Å². The van der Waals surface area contributed by atoms with Crippen molar-refractivity contribution in [2.75, 3.05) is 13.7 Å². The molecular weight excluding hydrogens is 238 g/mol. The first kappa shape index (κ1) is 13.9. The molecule has 0 fully saturated rings. The number of carbonyl (C=O) groups is 1. The van der Waals surface area contributed by atoms with Crippen LogP contribution in [0, 0.1) is 17.0 Å². The Labute approximate surface area is 104 Å². The second kappa shape index (κ2) is 5.97. The Morgan fingerprint density at radius 1 is 1.61 bits per heavy atom. The fourth-order valence-electron chi connectivity index (χ4n) is 1.41. The summed E-state index contributed by atoms with van der Waals surface area (Å²) < 4.78 is 5.35. The molecule has 1 amide bonds. The Morgan fingerprint density at radius 2 is 2.28 bits per heavy atom. The summed E-state index contributed by atoms with van der Waals surface area (Å²) in [4.78, 5) is 21.1. The van der Waals surface area contributed by atoms with Crippen molar-refractivity contribution in [3.8, 4) is 5.75 Å². The standard InChI is InChI=1S/C11H15N3O4/c1-7-5-8(3-4-10(7)14(16)17)18-6-9(13-2)11(12)15/h3-5,9,13H,6H2,1-2H3,(H2,12,15). The summed E-state index contributed by atoms with van der Waals surface area (Å²) in [6, 6.07) is 3.80. The van der Waals surface area contributed by atoms with Gasteiger partial charge in [-0.2, -0.15) is 0 Å². The van der Waals surface area contributed by atoms with Crippen molar-refractivity contribution in [3.05, 3.63) is 33.9 Å². The Hall–Kier alpha value is -2.15. The number of hydrogen-bond donors (Lipinski definition) is 2. The van der Waals surface area contributed by atoms with Gasteiger partial charge in [-0.15, -0.1) is 0 Å². The lowest BCUT2D eigenvalue weighted by Gasteiger charge is -2.13. The van der Waals surface area contributed by atoms with E-state index in [0.717, 1.165) is 0 Å². The summed E-state index contributed by atoms with van der Waals surface area (Å²) in [7, 11) is 1.60. The highest BCUT2D eigenvalue weighted by atomic mass is 16.6. The molecule has 1 rings (SSSR count). The van der Waals surface area contributed by atoms with Crippen molar-refractivity contribution < 1.29 is 14.5 Å².